The highest BCUT2D eigenvalue weighted by Gasteiger charge is 2.49. The lowest BCUT2D eigenvalue weighted by atomic mass is 9.97. The number of rotatable bonds is 4. The van der Waals surface area contributed by atoms with Gasteiger partial charge in [0, 0.05) is 11.8 Å². The van der Waals surface area contributed by atoms with E-state index in [1.807, 2.05) is 0 Å². The van der Waals surface area contributed by atoms with Gasteiger partial charge in [-0.15, -0.1) is 11.6 Å². The van der Waals surface area contributed by atoms with Gasteiger partial charge in [-0.3, -0.25) is 23.9 Å². The van der Waals surface area contributed by atoms with Crippen LogP contribution in [-0.2, 0) is 23.8 Å². The zero-order valence-electron chi connectivity index (χ0n) is 18.3. The number of carbonyl (C=O) groups is 2. The fourth-order valence-electron chi connectivity index (χ4n) is 2.64. The Morgan fingerprint density at radius 1 is 1.13 bits per heavy atom. The van der Waals surface area contributed by atoms with Crippen molar-refractivity contribution in [1.82, 2.24) is 9.55 Å². The lowest BCUT2D eigenvalue weighted by Gasteiger charge is -2.25. The van der Waals surface area contributed by atoms with Crippen molar-refractivity contribution in [1.29, 1.82) is 0 Å². The van der Waals surface area contributed by atoms with Crippen molar-refractivity contribution in [2.45, 2.75) is 72.3 Å². The van der Waals surface area contributed by atoms with Gasteiger partial charge in [0.1, 0.15) is 18.1 Å². The van der Waals surface area contributed by atoms with Gasteiger partial charge in [0.25, 0.3) is 5.56 Å². The van der Waals surface area contributed by atoms with Gasteiger partial charge < -0.3 is 14.2 Å². The minimum atomic E-state index is -1.04. The van der Waals surface area contributed by atoms with E-state index in [0.29, 0.717) is 0 Å². The molecule has 0 bridgehead atoms. The van der Waals surface area contributed by atoms with E-state index >= 15 is 0 Å². The second-order valence-electron chi connectivity index (χ2n) is 9.46. The molecule has 0 amide bonds. The third kappa shape index (κ3) is 5.31. The molecule has 0 spiro atoms. The molecule has 1 aromatic heterocycles. The average molecular weight is 445 g/mol. The maximum atomic E-state index is 12.5. The number of aryl methyl sites for hydroxylation is 1. The second-order valence-corrected chi connectivity index (χ2v) is 9.96. The van der Waals surface area contributed by atoms with E-state index in [1.54, 1.807) is 41.5 Å². The predicted octanol–water partition coefficient (Wildman–Crippen LogP) is 1.90. The number of hydrogen-bond donors (Lipinski definition) is 1. The Bertz CT molecular complexity index is 923. The molecule has 0 radical (unpaired) electrons. The highest BCUT2D eigenvalue weighted by molar-refractivity contribution is 6.21. The largest absolute Gasteiger partial charge is 0.462 e. The van der Waals surface area contributed by atoms with Gasteiger partial charge in [-0.25, -0.2) is 4.79 Å². The van der Waals surface area contributed by atoms with Crippen molar-refractivity contribution in [3.63, 3.8) is 0 Å². The van der Waals surface area contributed by atoms with E-state index in [9.17, 15) is 19.2 Å². The van der Waals surface area contributed by atoms with Crippen LogP contribution < -0.4 is 11.2 Å². The van der Waals surface area contributed by atoms with Gasteiger partial charge in [-0.1, -0.05) is 0 Å². The van der Waals surface area contributed by atoms with E-state index in [0.717, 1.165) is 4.57 Å². The zero-order valence-corrected chi connectivity index (χ0v) is 19.0. The highest BCUT2D eigenvalue weighted by Crippen LogP contribution is 2.36. The Morgan fingerprint density at radius 3 is 2.23 bits per heavy atom. The molecule has 1 aliphatic heterocycles. The molecular formula is C20H29ClN2O7. The summed E-state index contributed by atoms with van der Waals surface area (Å²) in [5.41, 5.74) is -2.48. The van der Waals surface area contributed by atoms with Gasteiger partial charge >= 0.3 is 17.6 Å². The van der Waals surface area contributed by atoms with Crippen molar-refractivity contribution >= 4 is 23.5 Å². The summed E-state index contributed by atoms with van der Waals surface area (Å²) in [6.07, 6.45) is -1.58. The maximum absolute atomic E-state index is 12.5. The SMILES string of the molecule is Cc1cn([C@@H]2O[C@H](COC(=O)C(C)(C)C)[C@@H](OC(=O)C(C)(C)C)[C@H]2Cl)c(=O)[nH]c1=O. The number of alkyl halides is 1. The molecule has 0 aromatic carbocycles. The topological polar surface area (TPSA) is 117 Å². The molecule has 10 heteroatoms. The monoisotopic (exact) mass is 444 g/mol. The molecule has 1 N–H and O–H groups in total. The van der Waals surface area contributed by atoms with Gasteiger partial charge in [-0.2, -0.15) is 0 Å². The lowest BCUT2D eigenvalue weighted by molar-refractivity contribution is -0.167. The van der Waals surface area contributed by atoms with E-state index in [1.165, 1.54) is 13.1 Å². The molecule has 1 saturated heterocycles. The van der Waals surface area contributed by atoms with Crippen LogP contribution in [0.4, 0.5) is 0 Å². The van der Waals surface area contributed by atoms with Crippen molar-refractivity contribution in [2.75, 3.05) is 6.61 Å². The van der Waals surface area contributed by atoms with Crippen LogP contribution in [0, 0.1) is 17.8 Å². The first-order valence-corrected chi connectivity index (χ1v) is 10.1. The number of esters is 2. The number of aromatic nitrogens is 2. The summed E-state index contributed by atoms with van der Waals surface area (Å²) in [7, 11) is 0. The molecule has 0 aliphatic carbocycles. The van der Waals surface area contributed by atoms with E-state index in [-0.39, 0.29) is 12.2 Å². The first-order valence-electron chi connectivity index (χ1n) is 9.63. The second kappa shape index (κ2) is 8.55. The van der Waals surface area contributed by atoms with Crippen molar-refractivity contribution in [2.24, 2.45) is 10.8 Å². The fraction of sp³-hybridized carbons (Fsp3) is 0.700. The molecule has 0 unspecified atom stereocenters. The van der Waals surface area contributed by atoms with Gasteiger partial charge in [0.2, 0.25) is 0 Å². The minimum absolute atomic E-state index is 0.213. The van der Waals surface area contributed by atoms with Crippen LogP contribution in [0.2, 0.25) is 0 Å². The van der Waals surface area contributed by atoms with Crippen LogP contribution in [0.1, 0.15) is 53.3 Å². The highest BCUT2D eigenvalue weighted by atomic mass is 35.5. The van der Waals surface area contributed by atoms with E-state index in [4.69, 9.17) is 25.8 Å². The van der Waals surface area contributed by atoms with Crippen LogP contribution in [0.5, 0.6) is 0 Å². The van der Waals surface area contributed by atoms with Gasteiger partial charge in [0.15, 0.2) is 12.3 Å². The van der Waals surface area contributed by atoms with Crippen LogP contribution in [0.3, 0.4) is 0 Å². The molecule has 1 aromatic rings. The normalized spacial score (nSPS) is 24.5. The number of nitrogens with zero attached hydrogens (tertiary/aromatic N) is 1. The molecule has 2 rings (SSSR count). The Labute approximate surface area is 179 Å². The maximum Gasteiger partial charge on any atom is 0.330 e. The van der Waals surface area contributed by atoms with Gasteiger partial charge in [0.05, 0.1) is 10.8 Å². The summed E-state index contributed by atoms with van der Waals surface area (Å²) in [4.78, 5) is 50.8. The molecule has 2 heterocycles. The Hall–Kier alpha value is -2.13. The number of halogens is 1. The fourth-order valence-corrected chi connectivity index (χ4v) is 3.04. The predicted molar refractivity (Wildman–Crippen MR) is 109 cm³/mol. The Morgan fingerprint density at radius 2 is 1.70 bits per heavy atom. The first-order chi connectivity index (χ1) is 13.6. The quantitative estimate of drug-likeness (QED) is 0.556. The summed E-state index contributed by atoms with van der Waals surface area (Å²) in [6.45, 7) is 11.5. The van der Waals surface area contributed by atoms with Crippen LogP contribution in [-0.4, -0.2) is 45.7 Å². The number of nitrogens with one attached hydrogen (secondary N) is 1. The summed E-state index contributed by atoms with van der Waals surface area (Å²) in [5, 5.41) is -0.961. The van der Waals surface area contributed by atoms with Crippen LogP contribution in [0.15, 0.2) is 15.8 Å². The van der Waals surface area contributed by atoms with E-state index in [2.05, 4.69) is 4.98 Å². The summed E-state index contributed by atoms with van der Waals surface area (Å²) in [5.74, 6) is -0.974. The van der Waals surface area contributed by atoms with Crippen molar-refractivity contribution in [3.8, 4) is 0 Å². The molecule has 168 valence electrons. The minimum Gasteiger partial charge on any atom is -0.462 e. The van der Waals surface area contributed by atoms with Crippen molar-refractivity contribution in [3.05, 3.63) is 32.6 Å². The Balaban J connectivity index is 2.34. The number of carbonyl (C=O) groups excluding carboxylic acids is 2. The molecule has 1 aliphatic rings. The summed E-state index contributed by atoms with van der Waals surface area (Å²) < 4.78 is 17.9. The average Bonchev–Trinajstić information content (AvgIpc) is 2.90. The van der Waals surface area contributed by atoms with E-state index < -0.39 is 57.8 Å². The number of aromatic amines is 1. The van der Waals surface area contributed by atoms with Gasteiger partial charge in [-0.05, 0) is 48.5 Å². The third-order valence-electron chi connectivity index (χ3n) is 4.53. The third-order valence-corrected chi connectivity index (χ3v) is 5.00. The number of H-pyrrole nitrogens is 1. The summed E-state index contributed by atoms with van der Waals surface area (Å²) in [6, 6.07) is 0. The van der Waals surface area contributed by atoms with Crippen molar-refractivity contribution < 1.29 is 23.8 Å². The van der Waals surface area contributed by atoms with Crippen LogP contribution >= 0.6 is 11.6 Å². The standard InChI is InChI=1S/C20H29ClN2O7/c1-10-8-23(18(27)22-14(10)24)15-12(21)13(30-17(26)20(5,6)7)11(29-15)9-28-16(25)19(2,3)4/h8,11-13,15H,9H2,1-7H3,(H,22,24,27)/t11-,12-,13-,15-/m1/s1. The molecule has 4 atom stereocenters. The molecule has 30 heavy (non-hydrogen) atoms. The number of hydrogen-bond acceptors (Lipinski definition) is 7. The smallest absolute Gasteiger partial charge is 0.330 e. The molecule has 1 fully saturated rings. The zero-order chi connectivity index (χ0) is 23.0. The molecule has 9 nitrogen and oxygen atoms in total. The first kappa shape index (κ1) is 24.1. The Kier molecular flexibility index (Phi) is 6.88. The number of ether oxygens (including phenoxy) is 3. The van der Waals surface area contributed by atoms with Crippen LogP contribution in [0.25, 0.3) is 0 Å². The lowest BCUT2D eigenvalue weighted by Crippen LogP contribution is -2.40. The molecule has 0 saturated carbocycles. The molecular weight excluding hydrogens is 416 g/mol. The summed E-state index contributed by atoms with van der Waals surface area (Å²) >= 11 is 6.54.